The summed E-state index contributed by atoms with van der Waals surface area (Å²) in [5, 5.41) is 9.23. The number of rotatable bonds is 14. The van der Waals surface area contributed by atoms with Gasteiger partial charge in [-0.2, -0.15) is 4.68 Å². The smallest absolute Gasteiger partial charge is 0.437 e. The predicted octanol–water partition coefficient (Wildman–Crippen LogP) is 2.54. The summed E-state index contributed by atoms with van der Waals surface area (Å²) in [5.74, 6) is -2.19. The number of hydrogen-bond donors (Lipinski definition) is 2. The van der Waals surface area contributed by atoms with Gasteiger partial charge in [0.2, 0.25) is 11.7 Å². The van der Waals surface area contributed by atoms with Gasteiger partial charge in [0, 0.05) is 13.7 Å². The Morgan fingerprint density at radius 2 is 1.72 bits per heavy atom. The van der Waals surface area contributed by atoms with Crippen LogP contribution in [0.5, 0.6) is 0 Å². The van der Waals surface area contributed by atoms with E-state index in [9.17, 15) is 19.2 Å². The lowest BCUT2D eigenvalue weighted by Crippen LogP contribution is -2.52. The third-order valence-electron chi connectivity index (χ3n) is 5.13. The van der Waals surface area contributed by atoms with Gasteiger partial charge in [-0.15, -0.1) is 5.10 Å². The number of carbonyl (C=O) groups is 3. The van der Waals surface area contributed by atoms with E-state index in [1.165, 1.54) is 7.11 Å². The summed E-state index contributed by atoms with van der Waals surface area (Å²) in [6.45, 7) is 8.11. The first-order valence-corrected chi connectivity index (χ1v) is 12.0. The highest BCUT2D eigenvalue weighted by atomic mass is 16.5. The van der Waals surface area contributed by atoms with E-state index in [2.05, 4.69) is 15.7 Å². The summed E-state index contributed by atoms with van der Waals surface area (Å²) in [6.07, 6.45) is -0.317. The third-order valence-corrected chi connectivity index (χ3v) is 5.13. The number of benzene rings is 1. The van der Waals surface area contributed by atoms with Crippen molar-refractivity contribution < 1.29 is 28.3 Å². The highest BCUT2D eigenvalue weighted by Gasteiger charge is 2.31. The van der Waals surface area contributed by atoms with Gasteiger partial charge in [0.1, 0.15) is 12.6 Å². The molecule has 2 rings (SSSR count). The molecule has 0 spiro atoms. The molecule has 2 aromatic rings. The molecular weight excluding hydrogens is 468 g/mol. The van der Waals surface area contributed by atoms with Crippen molar-refractivity contribution in [3.63, 3.8) is 0 Å². The lowest BCUT2D eigenvalue weighted by Gasteiger charge is -2.23. The zero-order valence-corrected chi connectivity index (χ0v) is 21.5. The summed E-state index contributed by atoms with van der Waals surface area (Å²) in [6, 6.07) is 7.13. The van der Waals surface area contributed by atoms with Crippen LogP contribution < -0.4 is 16.4 Å². The van der Waals surface area contributed by atoms with Gasteiger partial charge in [0.15, 0.2) is 0 Å². The summed E-state index contributed by atoms with van der Waals surface area (Å²) in [5.41, 5.74) is 0.807. The Balaban J connectivity index is 2.11. The summed E-state index contributed by atoms with van der Waals surface area (Å²) in [4.78, 5) is 50.6. The predicted molar refractivity (Wildman–Crippen MR) is 131 cm³/mol. The van der Waals surface area contributed by atoms with Crippen LogP contribution in [0.25, 0.3) is 0 Å². The van der Waals surface area contributed by atoms with Gasteiger partial charge in [-0.25, -0.2) is 9.59 Å². The van der Waals surface area contributed by atoms with E-state index in [-0.39, 0.29) is 38.0 Å². The second kappa shape index (κ2) is 14.2. The molecule has 11 heteroatoms. The van der Waals surface area contributed by atoms with Crippen LogP contribution in [-0.4, -0.2) is 53.4 Å². The Morgan fingerprint density at radius 1 is 1.03 bits per heavy atom. The quantitative estimate of drug-likeness (QED) is 0.374. The Hall–Kier alpha value is -3.47. The molecule has 0 unspecified atom stereocenters. The zero-order valence-electron chi connectivity index (χ0n) is 21.5. The highest BCUT2D eigenvalue weighted by molar-refractivity contribution is 5.99. The van der Waals surface area contributed by atoms with Crippen molar-refractivity contribution in [1.82, 2.24) is 20.4 Å². The van der Waals surface area contributed by atoms with Crippen LogP contribution in [0.3, 0.4) is 0 Å². The van der Waals surface area contributed by atoms with Crippen LogP contribution in [0.15, 0.2) is 39.5 Å². The first kappa shape index (κ1) is 28.8. The molecule has 0 fully saturated rings. The fourth-order valence-electron chi connectivity index (χ4n) is 3.40. The first-order chi connectivity index (χ1) is 17.1. The van der Waals surface area contributed by atoms with Crippen molar-refractivity contribution in [2.75, 3.05) is 13.7 Å². The molecule has 2 amide bonds. The van der Waals surface area contributed by atoms with Gasteiger partial charge in [0.05, 0.1) is 12.6 Å². The maximum absolute atomic E-state index is 13.1. The van der Waals surface area contributed by atoms with E-state index in [0.717, 1.165) is 10.2 Å². The molecule has 11 nitrogen and oxygen atoms in total. The molecule has 0 bridgehead atoms. The number of carbonyl (C=O) groups excluding carboxylic acids is 3. The first-order valence-electron chi connectivity index (χ1n) is 12.0. The standard InChI is InChI=1S/C25H36N4O7/c1-16(2)13-20(27-24(32)35-15-18-9-7-6-8-10-18)22(31)26-19(11-12-34-5)21(30)23-28-29(14-17(3)4)25(33)36-23/h6-10,16-17,19-20H,11-15H2,1-5H3,(H,26,31)(H,27,32)/t19-,20-/m0/s1. The molecule has 0 saturated carbocycles. The SMILES string of the molecule is COCC[C@H](NC(=O)[C@H](CC(C)C)NC(=O)OCc1ccccc1)C(=O)c1nn(CC(C)C)c(=O)o1. The average Bonchev–Trinajstić information content (AvgIpc) is 3.19. The minimum Gasteiger partial charge on any atom is -0.445 e. The number of nitrogens with zero attached hydrogens (tertiary/aromatic N) is 2. The van der Waals surface area contributed by atoms with Gasteiger partial charge in [-0.05, 0) is 30.2 Å². The monoisotopic (exact) mass is 504 g/mol. The Bertz CT molecular complexity index is 1050. The molecule has 198 valence electrons. The highest BCUT2D eigenvalue weighted by Crippen LogP contribution is 2.10. The largest absolute Gasteiger partial charge is 0.445 e. The number of Topliss-reactive ketones (excluding diaryl/α,β-unsaturated/α-hetero) is 1. The number of aromatic nitrogens is 2. The molecule has 0 aliphatic heterocycles. The number of alkyl carbamates (subject to hydrolysis) is 1. The third kappa shape index (κ3) is 9.29. The summed E-state index contributed by atoms with van der Waals surface area (Å²) < 4.78 is 16.4. The average molecular weight is 505 g/mol. The molecule has 2 atom stereocenters. The van der Waals surface area contributed by atoms with Gasteiger partial charge in [-0.1, -0.05) is 58.0 Å². The molecule has 1 aromatic heterocycles. The van der Waals surface area contributed by atoms with Crippen molar-refractivity contribution in [2.24, 2.45) is 11.8 Å². The molecule has 0 aliphatic carbocycles. The van der Waals surface area contributed by atoms with Crippen LogP contribution in [0.1, 0.15) is 56.8 Å². The van der Waals surface area contributed by atoms with Crippen LogP contribution in [0.4, 0.5) is 4.79 Å². The number of nitrogens with one attached hydrogen (secondary N) is 2. The van der Waals surface area contributed by atoms with Crippen LogP contribution >= 0.6 is 0 Å². The number of ketones is 1. The normalized spacial score (nSPS) is 12.9. The Morgan fingerprint density at radius 3 is 2.33 bits per heavy atom. The second-order valence-corrected chi connectivity index (χ2v) is 9.34. The van der Waals surface area contributed by atoms with E-state index >= 15 is 0 Å². The minimum absolute atomic E-state index is 0.0513. The lowest BCUT2D eigenvalue weighted by molar-refractivity contribution is -0.124. The van der Waals surface area contributed by atoms with E-state index in [0.29, 0.717) is 6.42 Å². The van der Waals surface area contributed by atoms with E-state index in [1.54, 1.807) is 0 Å². The van der Waals surface area contributed by atoms with E-state index in [4.69, 9.17) is 13.9 Å². The van der Waals surface area contributed by atoms with Gasteiger partial charge in [-0.3, -0.25) is 9.59 Å². The number of ether oxygens (including phenoxy) is 2. The molecule has 1 aromatic carbocycles. The summed E-state index contributed by atoms with van der Waals surface area (Å²) >= 11 is 0. The molecular formula is C25H36N4O7. The molecule has 1 heterocycles. The molecule has 0 aliphatic rings. The van der Waals surface area contributed by atoms with Crippen LogP contribution in [-0.2, 0) is 27.4 Å². The Kier molecular flexibility index (Phi) is 11.3. The van der Waals surface area contributed by atoms with Gasteiger partial charge in [0.25, 0.3) is 5.89 Å². The van der Waals surface area contributed by atoms with Crippen molar-refractivity contribution in [2.45, 2.75) is 65.8 Å². The van der Waals surface area contributed by atoms with Crippen molar-refractivity contribution in [1.29, 1.82) is 0 Å². The van der Waals surface area contributed by atoms with Crippen LogP contribution in [0.2, 0.25) is 0 Å². The maximum Gasteiger partial charge on any atom is 0.437 e. The minimum atomic E-state index is -1.07. The second-order valence-electron chi connectivity index (χ2n) is 9.34. The zero-order chi connectivity index (χ0) is 26.7. The molecule has 0 saturated heterocycles. The molecule has 2 N–H and O–H groups in total. The number of hydrogen-bond acceptors (Lipinski definition) is 8. The number of methoxy groups -OCH3 is 1. The van der Waals surface area contributed by atoms with E-state index < -0.39 is 41.5 Å². The van der Waals surface area contributed by atoms with Gasteiger partial charge < -0.3 is 24.5 Å². The lowest BCUT2D eigenvalue weighted by atomic mass is 10.0. The van der Waals surface area contributed by atoms with Crippen molar-refractivity contribution in [3.8, 4) is 0 Å². The number of amides is 2. The fourth-order valence-corrected chi connectivity index (χ4v) is 3.40. The fraction of sp³-hybridized carbons (Fsp3) is 0.560. The molecule has 0 radical (unpaired) electrons. The van der Waals surface area contributed by atoms with Crippen LogP contribution in [0, 0.1) is 11.8 Å². The summed E-state index contributed by atoms with van der Waals surface area (Å²) in [7, 11) is 1.46. The van der Waals surface area contributed by atoms with Crippen molar-refractivity contribution >= 4 is 17.8 Å². The maximum atomic E-state index is 13.1. The Labute approximate surface area is 210 Å². The topological polar surface area (TPSA) is 142 Å². The van der Waals surface area contributed by atoms with E-state index in [1.807, 2.05) is 58.0 Å². The molecule has 36 heavy (non-hydrogen) atoms. The van der Waals surface area contributed by atoms with Gasteiger partial charge >= 0.3 is 11.8 Å². The van der Waals surface area contributed by atoms with Crippen molar-refractivity contribution in [3.05, 3.63) is 52.3 Å².